The highest BCUT2D eigenvalue weighted by Gasteiger charge is 2.13. The van der Waals surface area contributed by atoms with E-state index in [2.05, 4.69) is 28.6 Å². The van der Waals surface area contributed by atoms with Crippen LogP contribution in [0.15, 0.2) is 29.4 Å². The van der Waals surface area contributed by atoms with Gasteiger partial charge in [0.15, 0.2) is 5.16 Å². The van der Waals surface area contributed by atoms with Crippen molar-refractivity contribution in [1.29, 1.82) is 0 Å². The Balaban J connectivity index is 1.89. The molecule has 2 N–H and O–H groups in total. The molecule has 0 fully saturated rings. The predicted octanol–water partition coefficient (Wildman–Crippen LogP) is 3.14. The number of nitrogens with zero attached hydrogens (tertiary/aromatic N) is 3. The van der Waals surface area contributed by atoms with Gasteiger partial charge in [-0.2, -0.15) is 0 Å². The van der Waals surface area contributed by atoms with Gasteiger partial charge in [0, 0.05) is 11.8 Å². The first-order chi connectivity index (χ1) is 10.1. The molecule has 7 heteroatoms. The molecule has 2 aromatic rings. The van der Waals surface area contributed by atoms with Crippen molar-refractivity contribution in [3.8, 4) is 5.75 Å². The Labute approximate surface area is 133 Å². The molecule has 0 bridgehead atoms. The Morgan fingerprint density at radius 3 is 2.76 bits per heavy atom. The second kappa shape index (κ2) is 7.68. The fourth-order valence-corrected chi connectivity index (χ4v) is 3.00. The summed E-state index contributed by atoms with van der Waals surface area (Å²) in [7, 11) is 0. The Hall–Kier alpha value is -1.24. The Morgan fingerprint density at radius 2 is 2.10 bits per heavy atom. The number of ether oxygens (including phenoxy) is 1. The van der Waals surface area contributed by atoms with Crippen molar-refractivity contribution in [2.75, 3.05) is 12.4 Å². The molecular formula is C14H19ClN4OS. The van der Waals surface area contributed by atoms with Crippen LogP contribution in [0.2, 0.25) is 5.02 Å². The van der Waals surface area contributed by atoms with Gasteiger partial charge >= 0.3 is 0 Å². The van der Waals surface area contributed by atoms with Gasteiger partial charge < -0.3 is 15.0 Å². The highest BCUT2D eigenvalue weighted by Crippen LogP contribution is 2.24. The number of thioether (sulfide) groups is 1. The molecule has 0 spiro atoms. The molecule has 0 aliphatic rings. The standard InChI is InChI=1S/C14H19ClN4OS/c1-10(2)19-13(9-16)17-18-14(19)21-8-7-20-12-6-4-3-5-11(12)15/h3-6,10H,7-9,16H2,1-2H3. The molecule has 1 aromatic carbocycles. The van der Waals surface area contributed by atoms with Crippen LogP contribution in [-0.4, -0.2) is 27.1 Å². The summed E-state index contributed by atoms with van der Waals surface area (Å²) in [6.07, 6.45) is 0. The van der Waals surface area contributed by atoms with E-state index in [1.165, 1.54) is 0 Å². The van der Waals surface area contributed by atoms with Crippen LogP contribution in [0.1, 0.15) is 25.7 Å². The molecule has 21 heavy (non-hydrogen) atoms. The van der Waals surface area contributed by atoms with Crippen LogP contribution in [0.3, 0.4) is 0 Å². The third-order valence-corrected chi connectivity index (χ3v) is 4.06. The first-order valence-electron chi connectivity index (χ1n) is 6.77. The summed E-state index contributed by atoms with van der Waals surface area (Å²) in [5, 5.41) is 9.79. The zero-order valence-electron chi connectivity index (χ0n) is 12.1. The Morgan fingerprint density at radius 1 is 1.33 bits per heavy atom. The smallest absolute Gasteiger partial charge is 0.191 e. The minimum Gasteiger partial charge on any atom is -0.491 e. The molecule has 5 nitrogen and oxygen atoms in total. The van der Waals surface area contributed by atoms with Gasteiger partial charge in [0.1, 0.15) is 11.6 Å². The summed E-state index contributed by atoms with van der Waals surface area (Å²) < 4.78 is 7.71. The Kier molecular flexibility index (Phi) is 5.90. The third-order valence-electron chi connectivity index (χ3n) is 2.84. The fourth-order valence-electron chi connectivity index (χ4n) is 1.91. The second-order valence-electron chi connectivity index (χ2n) is 4.69. The molecule has 0 aliphatic heterocycles. The summed E-state index contributed by atoms with van der Waals surface area (Å²) in [6, 6.07) is 7.73. The van der Waals surface area contributed by atoms with E-state index < -0.39 is 0 Å². The van der Waals surface area contributed by atoms with E-state index in [1.54, 1.807) is 11.8 Å². The lowest BCUT2D eigenvalue weighted by molar-refractivity contribution is 0.344. The van der Waals surface area contributed by atoms with E-state index in [0.717, 1.165) is 16.7 Å². The Bertz CT molecular complexity index is 588. The molecular weight excluding hydrogens is 308 g/mol. The molecule has 0 aliphatic carbocycles. The van der Waals surface area contributed by atoms with E-state index in [1.807, 2.05) is 24.3 Å². The van der Waals surface area contributed by atoms with E-state index in [9.17, 15) is 0 Å². The van der Waals surface area contributed by atoms with Gasteiger partial charge in [-0.3, -0.25) is 0 Å². The third kappa shape index (κ3) is 4.12. The molecule has 1 heterocycles. The minimum absolute atomic E-state index is 0.283. The van der Waals surface area contributed by atoms with E-state index in [-0.39, 0.29) is 6.04 Å². The maximum atomic E-state index is 6.04. The number of rotatable bonds is 7. The van der Waals surface area contributed by atoms with Crippen LogP contribution >= 0.6 is 23.4 Å². The molecule has 114 valence electrons. The number of halogens is 1. The lowest BCUT2D eigenvalue weighted by Gasteiger charge is -2.13. The lowest BCUT2D eigenvalue weighted by Crippen LogP contribution is -2.12. The van der Waals surface area contributed by atoms with Gasteiger partial charge in [0.2, 0.25) is 0 Å². The monoisotopic (exact) mass is 326 g/mol. The van der Waals surface area contributed by atoms with Crippen molar-refractivity contribution in [3.63, 3.8) is 0 Å². The minimum atomic E-state index is 0.283. The number of benzene rings is 1. The summed E-state index contributed by atoms with van der Waals surface area (Å²) in [6.45, 7) is 5.12. The number of para-hydroxylation sites is 1. The maximum absolute atomic E-state index is 6.04. The van der Waals surface area contributed by atoms with Crippen LogP contribution in [-0.2, 0) is 6.54 Å². The number of hydrogen-bond donors (Lipinski definition) is 1. The molecule has 1 aromatic heterocycles. The first kappa shape index (κ1) is 16.1. The largest absolute Gasteiger partial charge is 0.491 e. The highest BCUT2D eigenvalue weighted by atomic mass is 35.5. The zero-order valence-corrected chi connectivity index (χ0v) is 13.7. The fraction of sp³-hybridized carbons (Fsp3) is 0.429. The summed E-state index contributed by atoms with van der Waals surface area (Å²) in [5.74, 6) is 2.27. The van der Waals surface area contributed by atoms with Crippen molar-refractivity contribution >= 4 is 23.4 Å². The van der Waals surface area contributed by atoms with E-state index in [4.69, 9.17) is 22.1 Å². The molecule has 0 amide bonds. The van der Waals surface area contributed by atoms with Gasteiger partial charge in [0.05, 0.1) is 18.2 Å². The molecule has 0 saturated heterocycles. The molecule has 2 rings (SSSR count). The molecule has 0 saturated carbocycles. The topological polar surface area (TPSA) is 66.0 Å². The van der Waals surface area contributed by atoms with Gasteiger partial charge in [-0.15, -0.1) is 10.2 Å². The quantitative estimate of drug-likeness (QED) is 0.625. The second-order valence-corrected chi connectivity index (χ2v) is 6.16. The average molecular weight is 327 g/mol. The van der Waals surface area contributed by atoms with Crippen LogP contribution in [0.4, 0.5) is 0 Å². The number of nitrogens with two attached hydrogens (primary N) is 1. The van der Waals surface area contributed by atoms with E-state index in [0.29, 0.717) is 23.9 Å². The number of hydrogen-bond acceptors (Lipinski definition) is 5. The van der Waals surface area contributed by atoms with Crippen molar-refractivity contribution in [1.82, 2.24) is 14.8 Å². The first-order valence-corrected chi connectivity index (χ1v) is 8.13. The van der Waals surface area contributed by atoms with Gasteiger partial charge in [-0.1, -0.05) is 35.5 Å². The van der Waals surface area contributed by atoms with Crippen molar-refractivity contribution in [2.45, 2.75) is 31.6 Å². The van der Waals surface area contributed by atoms with Gasteiger partial charge in [-0.05, 0) is 26.0 Å². The zero-order chi connectivity index (χ0) is 15.2. The molecule has 0 unspecified atom stereocenters. The van der Waals surface area contributed by atoms with Crippen LogP contribution in [0.25, 0.3) is 0 Å². The van der Waals surface area contributed by atoms with E-state index >= 15 is 0 Å². The van der Waals surface area contributed by atoms with Crippen LogP contribution in [0.5, 0.6) is 5.75 Å². The average Bonchev–Trinajstić information content (AvgIpc) is 2.88. The van der Waals surface area contributed by atoms with Crippen LogP contribution < -0.4 is 10.5 Å². The molecule has 0 radical (unpaired) electrons. The SMILES string of the molecule is CC(C)n1c(CN)nnc1SCCOc1ccccc1Cl. The molecule has 0 atom stereocenters. The number of aromatic nitrogens is 3. The lowest BCUT2D eigenvalue weighted by atomic mass is 10.3. The van der Waals surface area contributed by atoms with Gasteiger partial charge in [-0.25, -0.2) is 0 Å². The summed E-state index contributed by atoms with van der Waals surface area (Å²) >= 11 is 7.64. The van der Waals surface area contributed by atoms with Crippen molar-refractivity contribution in [3.05, 3.63) is 35.1 Å². The van der Waals surface area contributed by atoms with Gasteiger partial charge in [0.25, 0.3) is 0 Å². The van der Waals surface area contributed by atoms with Crippen LogP contribution in [0, 0.1) is 0 Å². The maximum Gasteiger partial charge on any atom is 0.191 e. The summed E-state index contributed by atoms with van der Waals surface area (Å²) in [4.78, 5) is 0. The highest BCUT2D eigenvalue weighted by molar-refractivity contribution is 7.99. The summed E-state index contributed by atoms with van der Waals surface area (Å²) in [5.41, 5.74) is 5.68. The van der Waals surface area contributed by atoms with Crippen molar-refractivity contribution < 1.29 is 4.74 Å². The van der Waals surface area contributed by atoms with Crippen molar-refractivity contribution in [2.24, 2.45) is 5.73 Å². The predicted molar refractivity (Wildman–Crippen MR) is 86.0 cm³/mol. The normalized spacial score (nSPS) is 11.1.